The fourth-order valence-electron chi connectivity index (χ4n) is 1.16. The monoisotopic (exact) mass is 202 g/mol. The number of hydrogen-bond acceptors (Lipinski definition) is 3. The molecule has 0 aromatic carbocycles. The lowest BCUT2D eigenvalue weighted by atomic mass is 10.2. The van der Waals surface area contributed by atoms with Gasteiger partial charge in [-0.25, -0.2) is 0 Å². The SMILES string of the molecule is CC[C@H](N)C(=O)NCC1(SC)CC1. The Morgan fingerprint density at radius 2 is 2.31 bits per heavy atom. The summed E-state index contributed by atoms with van der Waals surface area (Å²) in [6.45, 7) is 2.70. The van der Waals surface area contributed by atoms with Gasteiger partial charge in [-0.1, -0.05) is 6.92 Å². The molecule has 0 radical (unpaired) electrons. The van der Waals surface area contributed by atoms with Gasteiger partial charge in [-0.3, -0.25) is 4.79 Å². The maximum atomic E-state index is 11.3. The van der Waals surface area contributed by atoms with Crippen molar-refractivity contribution in [3.05, 3.63) is 0 Å². The third-order valence-electron chi connectivity index (χ3n) is 2.60. The van der Waals surface area contributed by atoms with Crippen LogP contribution in [0.15, 0.2) is 0 Å². The first-order valence-electron chi connectivity index (χ1n) is 4.72. The zero-order valence-corrected chi connectivity index (χ0v) is 9.12. The van der Waals surface area contributed by atoms with E-state index in [4.69, 9.17) is 5.73 Å². The van der Waals surface area contributed by atoms with Gasteiger partial charge in [-0.05, 0) is 25.5 Å². The fraction of sp³-hybridized carbons (Fsp3) is 0.889. The maximum absolute atomic E-state index is 11.3. The van der Waals surface area contributed by atoms with E-state index < -0.39 is 0 Å². The minimum absolute atomic E-state index is 0.0113. The second kappa shape index (κ2) is 4.33. The van der Waals surface area contributed by atoms with Crippen LogP contribution in [-0.2, 0) is 4.79 Å². The second-order valence-corrected chi connectivity index (χ2v) is 4.89. The van der Waals surface area contributed by atoms with Crippen molar-refractivity contribution in [3.63, 3.8) is 0 Å². The first-order valence-corrected chi connectivity index (χ1v) is 5.94. The van der Waals surface area contributed by atoms with Crippen LogP contribution in [0.4, 0.5) is 0 Å². The predicted molar refractivity (Wildman–Crippen MR) is 56.8 cm³/mol. The first-order chi connectivity index (χ1) is 6.13. The van der Waals surface area contributed by atoms with Crippen molar-refractivity contribution < 1.29 is 4.79 Å². The van der Waals surface area contributed by atoms with E-state index in [1.165, 1.54) is 12.8 Å². The summed E-state index contributed by atoms with van der Waals surface area (Å²) in [5.41, 5.74) is 5.59. The van der Waals surface area contributed by atoms with Crippen LogP contribution in [0, 0.1) is 0 Å². The van der Waals surface area contributed by atoms with Crippen molar-refractivity contribution >= 4 is 17.7 Å². The second-order valence-electron chi connectivity index (χ2n) is 3.62. The number of rotatable bonds is 5. The highest BCUT2D eigenvalue weighted by Gasteiger charge is 2.42. The van der Waals surface area contributed by atoms with Gasteiger partial charge in [0.15, 0.2) is 0 Å². The van der Waals surface area contributed by atoms with E-state index in [0.717, 1.165) is 6.54 Å². The zero-order valence-electron chi connectivity index (χ0n) is 8.30. The molecule has 0 heterocycles. The molecule has 0 spiro atoms. The predicted octanol–water partition coefficient (Wildman–Crippen LogP) is 0.735. The number of amides is 1. The lowest BCUT2D eigenvalue weighted by molar-refractivity contribution is -0.122. The Morgan fingerprint density at radius 3 is 2.69 bits per heavy atom. The van der Waals surface area contributed by atoms with Gasteiger partial charge in [-0.15, -0.1) is 0 Å². The molecule has 3 N–H and O–H groups in total. The van der Waals surface area contributed by atoms with Gasteiger partial charge in [0.2, 0.25) is 5.91 Å². The van der Waals surface area contributed by atoms with E-state index >= 15 is 0 Å². The van der Waals surface area contributed by atoms with E-state index in [-0.39, 0.29) is 11.9 Å². The van der Waals surface area contributed by atoms with E-state index in [1.807, 2.05) is 18.7 Å². The Balaban J connectivity index is 2.22. The Morgan fingerprint density at radius 1 is 1.69 bits per heavy atom. The van der Waals surface area contributed by atoms with E-state index in [0.29, 0.717) is 11.2 Å². The lowest BCUT2D eigenvalue weighted by Gasteiger charge is -2.15. The van der Waals surface area contributed by atoms with Gasteiger partial charge in [0.05, 0.1) is 6.04 Å². The molecule has 1 aliphatic carbocycles. The van der Waals surface area contributed by atoms with E-state index in [1.54, 1.807) is 0 Å². The van der Waals surface area contributed by atoms with Crippen LogP contribution in [0.2, 0.25) is 0 Å². The smallest absolute Gasteiger partial charge is 0.236 e. The van der Waals surface area contributed by atoms with Crippen LogP contribution in [0.1, 0.15) is 26.2 Å². The molecule has 76 valence electrons. The van der Waals surface area contributed by atoms with Crippen molar-refractivity contribution in [2.45, 2.75) is 37.0 Å². The number of nitrogens with two attached hydrogens (primary N) is 1. The van der Waals surface area contributed by atoms with Crippen LogP contribution >= 0.6 is 11.8 Å². The first kappa shape index (κ1) is 10.9. The molecule has 0 bridgehead atoms. The molecule has 0 aromatic rings. The lowest BCUT2D eigenvalue weighted by Crippen LogP contribution is -2.43. The van der Waals surface area contributed by atoms with Gasteiger partial charge < -0.3 is 11.1 Å². The van der Waals surface area contributed by atoms with Crippen molar-refractivity contribution in [2.75, 3.05) is 12.8 Å². The molecule has 0 aliphatic heterocycles. The summed E-state index contributed by atoms with van der Waals surface area (Å²) >= 11 is 1.84. The molecule has 1 amide bonds. The Kier molecular flexibility index (Phi) is 3.62. The molecular weight excluding hydrogens is 184 g/mol. The van der Waals surface area contributed by atoms with Crippen LogP contribution in [-0.4, -0.2) is 29.5 Å². The molecule has 1 aliphatic rings. The van der Waals surface area contributed by atoms with Gasteiger partial charge >= 0.3 is 0 Å². The molecular formula is C9H18N2OS. The molecule has 1 fully saturated rings. The molecule has 0 aromatic heterocycles. The standard InChI is InChI=1S/C9H18N2OS/c1-3-7(10)8(12)11-6-9(13-2)4-5-9/h7H,3-6,10H2,1-2H3,(H,11,12)/t7-/m0/s1. The zero-order chi connectivity index (χ0) is 9.90. The summed E-state index contributed by atoms with van der Waals surface area (Å²) in [6, 6.07) is -0.336. The summed E-state index contributed by atoms with van der Waals surface area (Å²) in [7, 11) is 0. The number of carbonyl (C=O) groups is 1. The average molecular weight is 202 g/mol. The van der Waals surface area contributed by atoms with E-state index in [2.05, 4.69) is 11.6 Å². The van der Waals surface area contributed by atoms with Crippen molar-refractivity contribution in [1.82, 2.24) is 5.32 Å². The third kappa shape index (κ3) is 2.88. The molecule has 3 nitrogen and oxygen atoms in total. The number of carbonyl (C=O) groups excluding carboxylic acids is 1. The van der Waals surface area contributed by atoms with Crippen LogP contribution in [0.5, 0.6) is 0 Å². The molecule has 0 saturated heterocycles. The van der Waals surface area contributed by atoms with Gasteiger partial charge in [0, 0.05) is 11.3 Å². The average Bonchev–Trinajstić information content (AvgIpc) is 2.93. The number of thioether (sulfide) groups is 1. The van der Waals surface area contributed by atoms with Crippen LogP contribution < -0.4 is 11.1 Å². The van der Waals surface area contributed by atoms with Crippen LogP contribution in [0.25, 0.3) is 0 Å². The van der Waals surface area contributed by atoms with Crippen molar-refractivity contribution in [3.8, 4) is 0 Å². The number of nitrogens with one attached hydrogen (secondary N) is 1. The highest BCUT2D eigenvalue weighted by atomic mass is 32.2. The Hall–Kier alpha value is -0.220. The highest BCUT2D eigenvalue weighted by molar-refractivity contribution is 8.00. The molecule has 4 heteroatoms. The maximum Gasteiger partial charge on any atom is 0.236 e. The van der Waals surface area contributed by atoms with Gasteiger partial charge in [0.1, 0.15) is 0 Å². The Labute approximate surface area is 83.8 Å². The topological polar surface area (TPSA) is 55.1 Å². The minimum atomic E-state index is -0.336. The summed E-state index contributed by atoms with van der Waals surface area (Å²) in [5.74, 6) is -0.0113. The molecule has 1 rings (SSSR count). The summed E-state index contributed by atoms with van der Waals surface area (Å²) in [6.07, 6.45) is 5.24. The quantitative estimate of drug-likeness (QED) is 0.691. The summed E-state index contributed by atoms with van der Waals surface area (Å²) in [5, 5.41) is 2.90. The van der Waals surface area contributed by atoms with E-state index in [9.17, 15) is 4.79 Å². The van der Waals surface area contributed by atoms with Crippen LogP contribution in [0.3, 0.4) is 0 Å². The third-order valence-corrected chi connectivity index (χ3v) is 4.02. The number of hydrogen-bond donors (Lipinski definition) is 2. The van der Waals surface area contributed by atoms with Gasteiger partial charge in [0.25, 0.3) is 0 Å². The highest BCUT2D eigenvalue weighted by Crippen LogP contribution is 2.46. The largest absolute Gasteiger partial charge is 0.353 e. The Bertz CT molecular complexity index is 192. The molecule has 0 unspecified atom stereocenters. The minimum Gasteiger partial charge on any atom is -0.353 e. The summed E-state index contributed by atoms with van der Waals surface area (Å²) < 4.78 is 0.336. The normalized spacial score (nSPS) is 20.8. The van der Waals surface area contributed by atoms with Crippen molar-refractivity contribution in [2.24, 2.45) is 5.73 Å². The van der Waals surface area contributed by atoms with Crippen molar-refractivity contribution in [1.29, 1.82) is 0 Å². The molecule has 1 saturated carbocycles. The molecule has 13 heavy (non-hydrogen) atoms. The summed E-state index contributed by atoms with van der Waals surface area (Å²) in [4.78, 5) is 11.3. The molecule has 1 atom stereocenters. The fourth-order valence-corrected chi connectivity index (χ4v) is 1.88. The van der Waals surface area contributed by atoms with Gasteiger partial charge in [-0.2, -0.15) is 11.8 Å².